The van der Waals surface area contributed by atoms with Gasteiger partial charge in [0.25, 0.3) is 0 Å². The van der Waals surface area contributed by atoms with Crippen LogP contribution in [0.25, 0.3) is 0 Å². The maximum atomic E-state index is 11.3. The van der Waals surface area contributed by atoms with E-state index in [1.807, 2.05) is 20.8 Å². The van der Waals surface area contributed by atoms with Crippen molar-refractivity contribution in [2.75, 3.05) is 0 Å². The van der Waals surface area contributed by atoms with Crippen molar-refractivity contribution in [1.29, 1.82) is 0 Å². The van der Waals surface area contributed by atoms with Crippen molar-refractivity contribution >= 4 is 15.2 Å². The Bertz CT molecular complexity index is 742. The van der Waals surface area contributed by atoms with Crippen LogP contribution in [0.3, 0.4) is 0 Å². The summed E-state index contributed by atoms with van der Waals surface area (Å²) < 4.78 is 29.8. The summed E-state index contributed by atoms with van der Waals surface area (Å²) in [5, 5.41) is 5.50. The maximum absolute atomic E-state index is 11.3. The lowest BCUT2D eigenvalue weighted by Gasteiger charge is -2.18. The first-order chi connectivity index (χ1) is 11.8. The van der Waals surface area contributed by atoms with E-state index >= 15 is 0 Å². The monoisotopic (exact) mass is 409 g/mol. The number of rotatable bonds is 9. The highest BCUT2D eigenvalue weighted by Gasteiger charge is 2.51. The molecule has 10 nitrogen and oxygen atoms in total. The van der Waals surface area contributed by atoms with Crippen molar-refractivity contribution in [3.8, 4) is 0 Å². The summed E-state index contributed by atoms with van der Waals surface area (Å²) in [4.78, 5) is 36.7. The zero-order valence-corrected chi connectivity index (χ0v) is 16.7. The SMILES string of the molecule is CC(C)=CCC[C@@]1(C)O[C@@H]1Cn1cc(CC(P(=O)(O)O)P(=O)(O)O)nn1. The molecule has 148 valence electrons. The molecule has 0 bridgehead atoms. The molecule has 1 fully saturated rings. The molecule has 26 heavy (non-hydrogen) atoms. The van der Waals surface area contributed by atoms with Crippen LogP contribution in [0, 0.1) is 0 Å². The van der Waals surface area contributed by atoms with Crippen LogP contribution in [0.4, 0.5) is 0 Å². The van der Waals surface area contributed by atoms with Crippen LogP contribution in [0.2, 0.25) is 0 Å². The maximum Gasteiger partial charge on any atom is 0.341 e. The molecule has 12 heteroatoms. The van der Waals surface area contributed by atoms with Gasteiger partial charge in [0.05, 0.1) is 17.8 Å². The minimum absolute atomic E-state index is 0.0537. The standard InChI is InChI=1S/C14H25N3O7P2/c1-10(2)5-4-6-14(3)12(24-14)9-17-8-11(15-16-17)7-13(25(18,19)20)26(21,22)23/h5,8,12-13H,4,6-7,9H2,1-3H3,(H2,18,19,20)(H2,21,22,23)/t12-,14-/m1/s1. The van der Waals surface area contributed by atoms with Crippen LogP contribution in [-0.2, 0) is 26.8 Å². The van der Waals surface area contributed by atoms with E-state index in [-0.39, 0.29) is 17.4 Å². The molecule has 0 unspecified atom stereocenters. The summed E-state index contributed by atoms with van der Waals surface area (Å²) in [6, 6.07) is 0. The molecule has 4 N–H and O–H groups in total. The molecular formula is C14H25N3O7P2. The Morgan fingerprint density at radius 1 is 1.35 bits per heavy atom. The fourth-order valence-corrected chi connectivity index (χ4v) is 5.12. The molecule has 0 aromatic carbocycles. The van der Waals surface area contributed by atoms with E-state index in [4.69, 9.17) is 24.3 Å². The third-order valence-electron chi connectivity index (χ3n) is 4.34. The van der Waals surface area contributed by atoms with Gasteiger partial charge in [-0.3, -0.25) is 9.13 Å². The minimum Gasteiger partial charge on any atom is -0.364 e. The second-order valence-corrected chi connectivity index (χ2v) is 11.0. The van der Waals surface area contributed by atoms with E-state index in [1.165, 1.54) is 16.5 Å². The molecule has 1 aromatic rings. The van der Waals surface area contributed by atoms with E-state index in [0.717, 1.165) is 12.8 Å². The molecule has 1 aromatic heterocycles. The zero-order valence-electron chi connectivity index (χ0n) is 14.9. The van der Waals surface area contributed by atoms with Gasteiger partial charge in [0.15, 0.2) is 5.40 Å². The quantitative estimate of drug-likeness (QED) is 0.269. The van der Waals surface area contributed by atoms with Crippen molar-refractivity contribution < 1.29 is 33.4 Å². The summed E-state index contributed by atoms with van der Waals surface area (Å²) in [6.07, 6.45) is 4.73. The van der Waals surface area contributed by atoms with Gasteiger partial charge < -0.3 is 24.3 Å². The molecule has 1 saturated heterocycles. The van der Waals surface area contributed by atoms with E-state index in [2.05, 4.69) is 16.4 Å². The summed E-state index contributed by atoms with van der Waals surface area (Å²) in [5.74, 6) is 0. The predicted octanol–water partition coefficient (Wildman–Crippen LogP) is 1.41. The van der Waals surface area contributed by atoms with Gasteiger partial charge in [-0.25, -0.2) is 4.68 Å². The minimum atomic E-state index is -4.98. The first-order valence-corrected chi connectivity index (χ1v) is 11.5. The Kier molecular flexibility index (Phi) is 6.30. The highest BCUT2D eigenvalue weighted by Crippen LogP contribution is 2.60. The van der Waals surface area contributed by atoms with Gasteiger partial charge in [0.2, 0.25) is 0 Å². The molecule has 2 rings (SSSR count). The second-order valence-electron chi connectivity index (χ2n) is 7.03. The summed E-state index contributed by atoms with van der Waals surface area (Å²) in [5.41, 5.74) is 1.10. The molecule has 0 aliphatic carbocycles. The Hall–Kier alpha value is -0.860. The van der Waals surface area contributed by atoms with E-state index in [1.54, 1.807) is 0 Å². The molecule has 0 spiro atoms. The first-order valence-electron chi connectivity index (χ1n) is 8.12. The van der Waals surface area contributed by atoms with Gasteiger partial charge in [-0.2, -0.15) is 0 Å². The number of allylic oxidation sites excluding steroid dienone is 2. The lowest BCUT2D eigenvalue weighted by atomic mass is 10.0. The third kappa shape index (κ3) is 5.82. The molecular weight excluding hydrogens is 384 g/mol. The number of aromatic nitrogens is 3. The average molecular weight is 409 g/mol. The van der Waals surface area contributed by atoms with Crippen molar-refractivity contribution in [1.82, 2.24) is 15.0 Å². The largest absolute Gasteiger partial charge is 0.364 e. The zero-order chi connectivity index (χ0) is 19.8. The van der Waals surface area contributed by atoms with Crippen LogP contribution in [0.1, 0.15) is 39.3 Å². The molecule has 0 amide bonds. The summed E-state index contributed by atoms with van der Waals surface area (Å²) in [6.45, 7) is 6.49. The molecule has 2 atom stereocenters. The lowest BCUT2D eigenvalue weighted by molar-refractivity contribution is 0.290. The molecule has 1 aliphatic rings. The predicted molar refractivity (Wildman–Crippen MR) is 93.5 cm³/mol. The van der Waals surface area contributed by atoms with Gasteiger partial charge in [0, 0.05) is 12.6 Å². The summed E-state index contributed by atoms with van der Waals surface area (Å²) >= 11 is 0. The van der Waals surface area contributed by atoms with Crippen LogP contribution >= 0.6 is 15.2 Å². The number of hydrogen-bond donors (Lipinski definition) is 4. The molecule has 0 radical (unpaired) electrons. The lowest BCUT2D eigenvalue weighted by Crippen LogP contribution is -2.15. The second kappa shape index (κ2) is 7.64. The van der Waals surface area contributed by atoms with Crippen LogP contribution < -0.4 is 0 Å². The Labute approximate surface area is 151 Å². The van der Waals surface area contributed by atoms with Gasteiger partial charge in [-0.05, 0) is 33.6 Å². The van der Waals surface area contributed by atoms with E-state index in [9.17, 15) is 9.13 Å². The molecule has 1 aliphatic heterocycles. The van der Waals surface area contributed by atoms with Gasteiger partial charge >= 0.3 is 15.2 Å². The Balaban J connectivity index is 1.95. The highest BCUT2D eigenvalue weighted by molar-refractivity contribution is 7.70. The van der Waals surface area contributed by atoms with Crippen LogP contribution in [-0.4, -0.2) is 51.7 Å². The van der Waals surface area contributed by atoms with E-state index in [0.29, 0.717) is 6.54 Å². The third-order valence-corrected chi connectivity index (χ3v) is 8.06. The van der Waals surface area contributed by atoms with Gasteiger partial charge in [-0.15, -0.1) is 5.10 Å². The first kappa shape index (κ1) is 21.4. The van der Waals surface area contributed by atoms with Crippen LogP contribution in [0.15, 0.2) is 17.8 Å². The van der Waals surface area contributed by atoms with Crippen molar-refractivity contribution in [2.24, 2.45) is 0 Å². The Morgan fingerprint density at radius 3 is 2.50 bits per heavy atom. The highest BCUT2D eigenvalue weighted by atomic mass is 31.2. The normalized spacial score (nSPS) is 23.3. The van der Waals surface area contributed by atoms with E-state index < -0.39 is 27.0 Å². The number of ether oxygens (including phenoxy) is 1. The number of hydrogen-bond acceptors (Lipinski definition) is 5. The van der Waals surface area contributed by atoms with Gasteiger partial charge in [0.1, 0.15) is 6.10 Å². The fourth-order valence-electron chi connectivity index (χ4n) is 2.70. The molecule has 0 saturated carbocycles. The average Bonchev–Trinajstić information content (AvgIpc) is 2.88. The van der Waals surface area contributed by atoms with Crippen molar-refractivity contribution in [2.45, 2.75) is 63.7 Å². The molecule has 2 heterocycles. The van der Waals surface area contributed by atoms with Crippen molar-refractivity contribution in [3.05, 3.63) is 23.5 Å². The number of nitrogens with zero attached hydrogens (tertiary/aromatic N) is 3. The van der Waals surface area contributed by atoms with Crippen LogP contribution in [0.5, 0.6) is 0 Å². The van der Waals surface area contributed by atoms with Crippen molar-refractivity contribution in [3.63, 3.8) is 0 Å². The Morgan fingerprint density at radius 2 is 1.96 bits per heavy atom. The smallest absolute Gasteiger partial charge is 0.341 e. The summed E-state index contributed by atoms with van der Waals surface area (Å²) in [7, 11) is -9.96. The fraction of sp³-hybridized carbons (Fsp3) is 0.714. The van der Waals surface area contributed by atoms with Gasteiger partial charge in [-0.1, -0.05) is 16.9 Å². The number of epoxide rings is 1. The topological polar surface area (TPSA) is 158 Å².